The lowest BCUT2D eigenvalue weighted by atomic mass is 10.1. The molecule has 0 unspecified atom stereocenters. The molecule has 0 aromatic heterocycles. The first-order valence-electron chi connectivity index (χ1n) is 8.77. The van der Waals surface area contributed by atoms with Gasteiger partial charge < -0.3 is 5.32 Å². The van der Waals surface area contributed by atoms with Gasteiger partial charge in [-0.25, -0.2) is 8.42 Å². The van der Waals surface area contributed by atoms with Crippen LogP contribution in [0.2, 0.25) is 0 Å². The van der Waals surface area contributed by atoms with E-state index in [4.69, 9.17) is 0 Å². The maximum absolute atomic E-state index is 13.2. The molecule has 136 valence electrons. The normalized spacial score (nSPS) is 22.1. The van der Waals surface area contributed by atoms with Crippen LogP contribution >= 0.6 is 12.6 Å². The van der Waals surface area contributed by atoms with E-state index >= 15 is 0 Å². The smallest absolute Gasteiger partial charge is 0.243 e. The number of hydrogen-bond acceptors (Lipinski definition) is 4. The number of thiol groups is 1. The van der Waals surface area contributed by atoms with Gasteiger partial charge in [0.1, 0.15) is 0 Å². The Labute approximate surface area is 156 Å². The molecule has 3 rings (SSSR count). The fourth-order valence-electron chi connectivity index (χ4n) is 3.34. The Bertz CT molecular complexity index is 836. The predicted octanol–water partition coefficient (Wildman–Crippen LogP) is 3.15. The molecule has 2 aromatic rings. The molecule has 1 aliphatic heterocycles. The summed E-state index contributed by atoms with van der Waals surface area (Å²) in [5.41, 5.74) is 0. The molecule has 0 saturated carbocycles. The molecule has 4 nitrogen and oxygen atoms in total. The maximum atomic E-state index is 13.2. The third-order valence-electron chi connectivity index (χ3n) is 4.60. The van der Waals surface area contributed by atoms with Crippen LogP contribution in [0.25, 0.3) is 10.8 Å². The second-order valence-corrected chi connectivity index (χ2v) is 9.80. The van der Waals surface area contributed by atoms with E-state index in [0.29, 0.717) is 23.9 Å². The SMILES string of the molecule is CC(C)CNC[C@@H]1C[C@@H](S)CN1S(=O)(=O)c1ccc2ccccc2c1. The molecule has 0 aliphatic carbocycles. The highest BCUT2D eigenvalue weighted by molar-refractivity contribution is 7.89. The van der Waals surface area contributed by atoms with Crippen LogP contribution in [0.4, 0.5) is 0 Å². The molecule has 0 amide bonds. The fraction of sp³-hybridized carbons (Fsp3) is 0.474. The van der Waals surface area contributed by atoms with Crippen molar-refractivity contribution >= 4 is 33.4 Å². The third kappa shape index (κ3) is 4.19. The lowest BCUT2D eigenvalue weighted by Crippen LogP contribution is -2.42. The molecule has 6 heteroatoms. The molecule has 0 bridgehead atoms. The number of benzene rings is 2. The molecule has 1 fully saturated rings. The van der Waals surface area contributed by atoms with Crippen molar-refractivity contribution in [1.82, 2.24) is 9.62 Å². The van der Waals surface area contributed by atoms with Crippen LogP contribution in [0.1, 0.15) is 20.3 Å². The summed E-state index contributed by atoms with van der Waals surface area (Å²) in [6, 6.07) is 13.1. The van der Waals surface area contributed by atoms with Crippen molar-refractivity contribution in [3.8, 4) is 0 Å². The Morgan fingerprint density at radius 1 is 1.20 bits per heavy atom. The molecule has 2 aromatic carbocycles. The number of rotatable bonds is 6. The Morgan fingerprint density at radius 2 is 1.92 bits per heavy atom. The van der Waals surface area contributed by atoms with Crippen molar-refractivity contribution in [2.75, 3.05) is 19.6 Å². The van der Waals surface area contributed by atoms with Gasteiger partial charge in [-0.05, 0) is 41.8 Å². The van der Waals surface area contributed by atoms with Gasteiger partial charge in [-0.1, -0.05) is 44.2 Å². The van der Waals surface area contributed by atoms with Gasteiger partial charge in [0.05, 0.1) is 4.90 Å². The van der Waals surface area contributed by atoms with Crippen LogP contribution in [0.5, 0.6) is 0 Å². The van der Waals surface area contributed by atoms with Gasteiger partial charge >= 0.3 is 0 Å². The standard InChI is InChI=1S/C19H26N2O2S2/c1-14(2)11-20-12-17-10-18(24)13-21(17)25(22,23)19-8-7-15-5-3-4-6-16(15)9-19/h3-9,14,17-18,20,24H,10-13H2,1-2H3/t17-,18+/m0/s1. The van der Waals surface area contributed by atoms with E-state index in [0.717, 1.165) is 23.7 Å². The maximum Gasteiger partial charge on any atom is 0.243 e. The molecule has 1 heterocycles. The van der Waals surface area contributed by atoms with E-state index in [1.54, 1.807) is 16.4 Å². The van der Waals surface area contributed by atoms with Crippen LogP contribution in [0.15, 0.2) is 47.4 Å². The summed E-state index contributed by atoms with van der Waals surface area (Å²) in [4.78, 5) is 0.363. The van der Waals surface area contributed by atoms with E-state index in [-0.39, 0.29) is 11.3 Å². The number of nitrogens with zero attached hydrogens (tertiary/aromatic N) is 1. The van der Waals surface area contributed by atoms with Crippen molar-refractivity contribution in [1.29, 1.82) is 0 Å². The van der Waals surface area contributed by atoms with Crippen LogP contribution in [-0.4, -0.2) is 43.6 Å². The summed E-state index contributed by atoms with van der Waals surface area (Å²) in [6.07, 6.45) is 0.779. The van der Waals surface area contributed by atoms with E-state index in [1.807, 2.05) is 30.3 Å². The summed E-state index contributed by atoms with van der Waals surface area (Å²) in [5.74, 6) is 0.541. The highest BCUT2D eigenvalue weighted by Crippen LogP contribution is 2.30. The van der Waals surface area contributed by atoms with Crippen LogP contribution < -0.4 is 5.32 Å². The van der Waals surface area contributed by atoms with Gasteiger partial charge in [0.2, 0.25) is 10.0 Å². The van der Waals surface area contributed by atoms with Gasteiger partial charge in [0, 0.05) is 24.4 Å². The summed E-state index contributed by atoms with van der Waals surface area (Å²) >= 11 is 4.54. The minimum absolute atomic E-state index is 0.0438. The Kier molecular flexibility index (Phi) is 5.73. The van der Waals surface area contributed by atoms with Gasteiger partial charge in [-0.15, -0.1) is 0 Å². The van der Waals surface area contributed by atoms with Crippen molar-refractivity contribution in [3.63, 3.8) is 0 Å². The second kappa shape index (κ2) is 7.66. The minimum Gasteiger partial charge on any atom is -0.315 e. The zero-order valence-electron chi connectivity index (χ0n) is 14.7. The van der Waals surface area contributed by atoms with E-state index in [9.17, 15) is 8.42 Å². The lowest BCUT2D eigenvalue weighted by Gasteiger charge is -2.25. The molecule has 1 saturated heterocycles. The number of nitrogens with one attached hydrogen (secondary N) is 1. The zero-order valence-corrected chi connectivity index (χ0v) is 16.4. The first-order valence-corrected chi connectivity index (χ1v) is 10.7. The van der Waals surface area contributed by atoms with Crippen molar-refractivity contribution in [3.05, 3.63) is 42.5 Å². The van der Waals surface area contributed by atoms with E-state index in [2.05, 4.69) is 31.8 Å². The molecular weight excluding hydrogens is 352 g/mol. The molecule has 1 N–H and O–H groups in total. The number of fused-ring (bicyclic) bond motifs is 1. The minimum atomic E-state index is -3.52. The topological polar surface area (TPSA) is 49.4 Å². The largest absolute Gasteiger partial charge is 0.315 e. The highest BCUT2D eigenvalue weighted by atomic mass is 32.2. The number of hydrogen-bond donors (Lipinski definition) is 2. The molecule has 2 atom stereocenters. The number of sulfonamides is 1. The summed E-state index contributed by atoms with van der Waals surface area (Å²) in [6.45, 7) is 6.31. The van der Waals surface area contributed by atoms with Crippen LogP contribution in [0, 0.1) is 5.92 Å². The monoisotopic (exact) mass is 378 g/mol. The van der Waals surface area contributed by atoms with Gasteiger partial charge in [-0.2, -0.15) is 16.9 Å². The van der Waals surface area contributed by atoms with Crippen LogP contribution in [-0.2, 0) is 10.0 Å². The molecule has 0 spiro atoms. The molecule has 25 heavy (non-hydrogen) atoms. The predicted molar refractivity (Wildman–Crippen MR) is 107 cm³/mol. The lowest BCUT2D eigenvalue weighted by molar-refractivity contribution is 0.366. The first kappa shape index (κ1) is 18.7. The third-order valence-corrected chi connectivity index (χ3v) is 6.89. The molecular formula is C19H26N2O2S2. The van der Waals surface area contributed by atoms with Crippen molar-refractivity contribution < 1.29 is 8.42 Å². The first-order chi connectivity index (χ1) is 11.9. The van der Waals surface area contributed by atoms with E-state index < -0.39 is 10.0 Å². The summed E-state index contributed by atoms with van der Waals surface area (Å²) in [7, 11) is -3.52. The average molecular weight is 379 g/mol. The summed E-state index contributed by atoms with van der Waals surface area (Å²) < 4.78 is 28.0. The van der Waals surface area contributed by atoms with Gasteiger partial charge in [0.25, 0.3) is 0 Å². The van der Waals surface area contributed by atoms with E-state index in [1.165, 1.54) is 0 Å². The Balaban J connectivity index is 1.85. The molecule has 0 radical (unpaired) electrons. The van der Waals surface area contributed by atoms with Crippen molar-refractivity contribution in [2.45, 2.75) is 36.5 Å². The Morgan fingerprint density at radius 3 is 2.64 bits per heavy atom. The zero-order chi connectivity index (χ0) is 18.0. The Hall–Kier alpha value is -1.08. The quantitative estimate of drug-likeness (QED) is 0.759. The highest BCUT2D eigenvalue weighted by Gasteiger charge is 2.38. The second-order valence-electron chi connectivity index (χ2n) is 7.18. The summed E-state index contributed by atoms with van der Waals surface area (Å²) in [5, 5.41) is 5.47. The average Bonchev–Trinajstić information content (AvgIpc) is 2.95. The van der Waals surface area contributed by atoms with Gasteiger partial charge in [-0.3, -0.25) is 0 Å². The fourth-order valence-corrected chi connectivity index (χ4v) is 5.59. The molecule has 1 aliphatic rings. The van der Waals surface area contributed by atoms with Crippen molar-refractivity contribution in [2.24, 2.45) is 5.92 Å². The van der Waals surface area contributed by atoms with Crippen LogP contribution in [0.3, 0.4) is 0 Å². The van der Waals surface area contributed by atoms with Gasteiger partial charge in [0.15, 0.2) is 0 Å².